The van der Waals surface area contributed by atoms with Gasteiger partial charge in [0.05, 0.1) is 16.3 Å². The molecule has 20 heavy (non-hydrogen) atoms. The Bertz CT molecular complexity index is 677. The van der Waals surface area contributed by atoms with Crippen molar-refractivity contribution >= 4 is 34.3 Å². The zero-order valence-electron chi connectivity index (χ0n) is 11.4. The first-order chi connectivity index (χ1) is 9.68. The van der Waals surface area contributed by atoms with Crippen molar-refractivity contribution in [3.05, 3.63) is 40.4 Å². The van der Waals surface area contributed by atoms with E-state index < -0.39 is 0 Å². The fraction of sp³-hybridized carbons (Fsp3) is 0.467. The lowest BCUT2D eigenvalue weighted by atomic mass is 10.1. The van der Waals surface area contributed by atoms with Crippen LogP contribution in [0, 0.1) is 0 Å². The van der Waals surface area contributed by atoms with Crippen molar-refractivity contribution < 1.29 is 0 Å². The van der Waals surface area contributed by atoms with Crippen molar-refractivity contribution in [3.8, 4) is 0 Å². The van der Waals surface area contributed by atoms with Gasteiger partial charge in [-0.1, -0.05) is 12.1 Å². The largest absolute Gasteiger partial charge is 0.291 e. The van der Waals surface area contributed by atoms with Crippen LogP contribution in [0.15, 0.2) is 29.1 Å². The number of alkyl halides is 1. The molecule has 0 aliphatic carbocycles. The second kappa shape index (κ2) is 5.78. The van der Waals surface area contributed by atoms with E-state index in [2.05, 4.69) is 4.98 Å². The first-order valence-corrected chi connectivity index (χ1v) is 8.50. The third-order valence-electron chi connectivity index (χ3n) is 3.69. The van der Waals surface area contributed by atoms with Crippen LogP contribution >= 0.6 is 23.4 Å². The highest BCUT2D eigenvalue weighted by atomic mass is 35.5. The van der Waals surface area contributed by atoms with Crippen LogP contribution < -0.4 is 5.56 Å². The maximum absolute atomic E-state index is 12.8. The normalized spacial score (nSPS) is 21.0. The zero-order chi connectivity index (χ0) is 14.1. The predicted molar refractivity (Wildman–Crippen MR) is 85.9 cm³/mol. The molecule has 1 aromatic heterocycles. The highest BCUT2D eigenvalue weighted by Crippen LogP contribution is 2.29. The topological polar surface area (TPSA) is 34.9 Å². The number of nitrogens with zero attached hydrogens (tertiary/aromatic N) is 2. The molecule has 3 rings (SSSR count). The highest BCUT2D eigenvalue weighted by Gasteiger charge is 2.23. The minimum Gasteiger partial charge on any atom is -0.291 e. The third-order valence-corrected chi connectivity index (χ3v) is 5.09. The fourth-order valence-electron chi connectivity index (χ4n) is 2.72. The summed E-state index contributed by atoms with van der Waals surface area (Å²) < 4.78 is 1.84. The number of aromatic nitrogens is 2. The summed E-state index contributed by atoms with van der Waals surface area (Å²) in [5.74, 6) is 2.84. The van der Waals surface area contributed by atoms with Gasteiger partial charge in [0.15, 0.2) is 0 Å². The smallest absolute Gasteiger partial charge is 0.261 e. The van der Waals surface area contributed by atoms with E-state index in [9.17, 15) is 4.79 Å². The Morgan fingerprint density at radius 1 is 1.45 bits per heavy atom. The molecule has 0 bridgehead atoms. The summed E-state index contributed by atoms with van der Waals surface area (Å²) in [5.41, 5.74) is 0.783. The SMILES string of the molecule is CC(Cl)c1nc2ccccc2c(=O)n1C1CCCSC1. The molecule has 1 aromatic carbocycles. The molecule has 106 valence electrons. The van der Waals surface area contributed by atoms with Crippen LogP contribution in [0.1, 0.15) is 37.0 Å². The summed E-state index contributed by atoms with van der Waals surface area (Å²) in [6, 6.07) is 7.72. The Morgan fingerprint density at radius 2 is 2.25 bits per heavy atom. The molecule has 2 atom stereocenters. The van der Waals surface area contributed by atoms with Gasteiger partial charge in [-0.25, -0.2) is 4.98 Å². The van der Waals surface area contributed by atoms with E-state index in [1.165, 1.54) is 5.75 Å². The van der Waals surface area contributed by atoms with Gasteiger partial charge in [0.1, 0.15) is 5.82 Å². The van der Waals surface area contributed by atoms with E-state index in [0.717, 1.165) is 24.1 Å². The van der Waals surface area contributed by atoms with E-state index in [1.807, 2.05) is 47.5 Å². The first kappa shape index (κ1) is 14.0. The quantitative estimate of drug-likeness (QED) is 0.792. The molecular formula is C15H17ClN2OS. The van der Waals surface area contributed by atoms with Crippen LogP contribution in [0.4, 0.5) is 0 Å². The molecule has 0 amide bonds. The lowest BCUT2D eigenvalue weighted by Crippen LogP contribution is -2.32. The minimum atomic E-state index is -0.265. The molecule has 1 aliphatic rings. The number of hydrogen-bond acceptors (Lipinski definition) is 3. The van der Waals surface area contributed by atoms with E-state index >= 15 is 0 Å². The summed E-state index contributed by atoms with van der Waals surface area (Å²) in [6.45, 7) is 1.88. The van der Waals surface area contributed by atoms with Gasteiger partial charge in [-0.15, -0.1) is 11.6 Å². The van der Waals surface area contributed by atoms with Gasteiger partial charge >= 0.3 is 0 Å². The molecule has 0 saturated carbocycles. The van der Waals surface area contributed by atoms with Gasteiger partial charge in [-0.2, -0.15) is 11.8 Å². The van der Waals surface area contributed by atoms with Gasteiger partial charge in [-0.05, 0) is 37.7 Å². The second-order valence-corrected chi connectivity index (χ2v) is 6.95. The molecule has 1 saturated heterocycles. The summed E-state index contributed by atoms with van der Waals surface area (Å²) >= 11 is 8.17. The molecule has 0 spiro atoms. The van der Waals surface area contributed by atoms with Crippen molar-refractivity contribution in [2.24, 2.45) is 0 Å². The minimum absolute atomic E-state index is 0.0469. The summed E-state index contributed by atoms with van der Waals surface area (Å²) in [4.78, 5) is 17.4. The number of fused-ring (bicyclic) bond motifs is 1. The van der Waals surface area contributed by atoms with Crippen molar-refractivity contribution in [2.45, 2.75) is 31.2 Å². The number of thioether (sulfide) groups is 1. The third kappa shape index (κ3) is 2.47. The Balaban J connectivity index is 2.24. The molecule has 2 aromatic rings. The van der Waals surface area contributed by atoms with Gasteiger partial charge < -0.3 is 0 Å². The van der Waals surface area contributed by atoms with Crippen molar-refractivity contribution in [3.63, 3.8) is 0 Å². The zero-order valence-corrected chi connectivity index (χ0v) is 13.0. The van der Waals surface area contributed by atoms with E-state index in [4.69, 9.17) is 11.6 Å². The van der Waals surface area contributed by atoms with Gasteiger partial charge in [0.25, 0.3) is 5.56 Å². The van der Waals surface area contributed by atoms with E-state index in [0.29, 0.717) is 11.2 Å². The molecule has 2 unspecified atom stereocenters. The summed E-state index contributed by atoms with van der Waals surface area (Å²) in [5, 5.41) is 0.420. The average Bonchev–Trinajstić information content (AvgIpc) is 2.48. The molecule has 0 N–H and O–H groups in total. The molecular weight excluding hydrogens is 292 g/mol. The van der Waals surface area contributed by atoms with Gasteiger partial charge in [0.2, 0.25) is 0 Å². The lowest BCUT2D eigenvalue weighted by molar-refractivity contribution is 0.463. The number of rotatable bonds is 2. The van der Waals surface area contributed by atoms with Crippen LogP contribution in [-0.2, 0) is 0 Å². The van der Waals surface area contributed by atoms with Gasteiger partial charge in [-0.3, -0.25) is 9.36 Å². The standard InChI is InChI=1S/C15H17ClN2OS/c1-10(16)14-17-13-7-3-2-6-12(13)15(19)18(14)11-5-4-8-20-9-11/h2-3,6-7,10-11H,4-5,8-9H2,1H3. The monoisotopic (exact) mass is 308 g/mol. The van der Waals surface area contributed by atoms with E-state index in [1.54, 1.807) is 0 Å². The molecule has 5 heteroatoms. The molecule has 2 heterocycles. The number of benzene rings is 1. The highest BCUT2D eigenvalue weighted by molar-refractivity contribution is 7.99. The van der Waals surface area contributed by atoms with Gasteiger partial charge in [0, 0.05) is 11.8 Å². The molecule has 1 aliphatic heterocycles. The Morgan fingerprint density at radius 3 is 2.95 bits per heavy atom. The van der Waals surface area contributed by atoms with E-state index in [-0.39, 0.29) is 17.0 Å². The Kier molecular flexibility index (Phi) is 4.03. The summed E-state index contributed by atoms with van der Waals surface area (Å²) in [6.07, 6.45) is 2.17. The predicted octanol–water partition coefficient (Wildman–Crippen LogP) is 3.76. The van der Waals surface area contributed by atoms with Crippen molar-refractivity contribution in [1.82, 2.24) is 9.55 Å². The van der Waals surface area contributed by atoms with Crippen molar-refractivity contribution in [1.29, 1.82) is 0 Å². The maximum atomic E-state index is 12.8. The van der Waals surface area contributed by atoms with Crippen LogP contribution in [0.5, 0.6) is 0 Å². The average molecular weight is 309 g/mol. The number of halogens is 1. The van der Waals surface area contributed by atoms with Crippen LogP contribution in [-0.4, -0.2) is 21.1 Å². The first-order valence-electron chi connectivity index (χ1n) is 6.91. The molecule has 1 fully saturated rings. The maximum Gasteiger partial charge on any atom is 0.261 e. The second-order valence-electron chi connectivity index (χ2n) is 5.15. The van der Waals surface area contributed by atoms with Crippen molar-refractivity contribution in [2.75, 3.05) is 11.5 Å². The Labute approximate surface area is 127 Å². The fourth-order valence-corrected chi connectivity index (χ4v) is 4.00. The van der Waals surface area contributed by atoms with Crippen LogP contribution in [0.2, 0.25) is 0 Å². The molecule has 3 nitrogen and oxygen atoms in total. The summed E-state index contributed by atoms with van der Waals surface area (Å²) in [7, 11) is 0. The molecule has 0 radical (unpaired) electrons. The van der Waals surface area contributed by atoms with Crippen LogP contribution in [0.25, 0.3) is 10.9 Å². The Hall–Kier alpha value is -1.00. The lowest BCUT2D eigenvalue weighted by Gasteiger charge is -2.26. The number of para-hydroxylation sites is 1. The number of hydrogen-bond donors (Lipinski definition) is 0. The van der Waals surface area contributed by atoms with Crippen LogP contribution in [0.3, 0.4) is 0 Å².